The normalized spacial score (nSPS) is 10.9. The van der Waals surface area contributed by atoms with Crippen LogP contribution in [-0.4, -0.2) is 37.4 Å². The highest BCUT2D eigenvalue weighted by Crippen LogP contribution is 2.30. The molecule has 0 spiro atoms. The molecule has 10 heteroatoms. The van der Waals surface area contributed by atoms with Crippen LogP contribution in [0.15, 0.2) is 102 Å². The van der Waals surface area contributed by atoms with Crippen molar-refractivity contribution in [2.24, 2.45) is 0 Å². The van der Waals surface area contributed by atoms with E-state index in [2.05, 4.69) is 52.2 Å². The second-order valence-corrected chi connectivity index (χ2v) is 9.63. The lowest BCUT2D eigenvalue weighted by atomic mass is 9.99. The molecule has 0 saturated heterocycles. The van der Waals surface area contributed by atoms with E-state index in [-0.39, 0.29) is 11.8 Å². The largest absolute Gasteiger partial charge is 0.349 e. The van der Waals surface area contributed by atoms with Crippen molar-refractivity contribution in [2.45, 2.75) is 0 Å². The summed E-state index contributed by atoms with van der Waals surface area (Å²) >= 11 is 3.44. The van der Waals surface area contributed by atoms with Gasteiger partial charge in [-0.15, -0.1) is 5.10 Å². The number of hydrogen-bond donors (Lipinski definition) is 4. The predicted octanol–water partition coefficient (Wildman–Crippen LogP) is 6.28. The summed E-state index contributed by atoms with van der Waals surface area (Å²) in [5.41, 5.74) is 5.04. The summed E-state index contributed by atoms with van der Waals surface area (Å²) in [6, 6.07) is 29.9. The third-order valence-corrected chi connectivity index (χ3v) is 6.73. The lowest BCUT2D eigenvalue weighted by Gasteiger charge is -2.11. The zero-order chi connectivity index (χ0) is 26.8. The van der Waals surface area contributed by atoms with Gasteiger partial charge in [0.15, 0.2) is 5.82 Å². The van der Waals surface area contributed by atoms with E-state index in [4.69, 9.17) is 0 Å². The molecule has 0 fully saturated rings. The molecule has 190 valence electrons. The van der Waals surface area contributed by atoms with Crippen LogP contribution in [-0.2, 0) is 0 Å². The number of tetrazole rings is 1. The van der Waals surface area contributed by atoms with Crippen LogP contribution in [0.3, 0.4) is 0 Å². The standard InChI is InChI=1S/C29H20BrN7O2/c30-19-13-14-23(22(16-19)27-34-36-37-35-27)32-29(39)25-15-18-9-6-12-24(26(18)31-25)33-28(38)21-11-5-4-10-20(21)17-7-2-1-3-8-17/h1-16,31H,(H,32,39)(H,33,38)(H,34,35,36,37). The molecule has 0 unspecified atom stereocenters. The Kier molecular flexibility index (Phi) is 6.44. The lowest BCUT2D eigenvalue weighted by Crippen LogP contribution is -2.14. The van der Waals surface area contributed by atoms with Crippen LogP contribution >= 0.6 is 15.9 Å². The van der Waals surface area contributed by atoms with Gasteiger partial charge in [-0.2, -0.15) is 0 Å². The number of para-hydroxylation sites is 1. The van der Waals surface area contributed by atoms with Crippen LogP contribution in [0.25, 0.3) is 33.4 Å². The number of aromatic nitrogens is 5. The Morgan fingerprint density at radius 3 is 2.36 bits per heavy atom. The molecule has 0 saturated carbocycles. The highest BCUT2D eigenvalue weighted by Gasteiger charge is 2.18. The molecule has 4 aromatic carbocycles. The minimum atomic E-state index is -0.353. The SMILES string of the molecule is O=C(Nc1ccc(Br)cc1-c1nnn[nH]1)c1cc2cccc(NC(=O)c3ccccc3-c3ccccc3)c2[nH]1. The third kappa shape index (κ3) is 4.92. The van der Waals surface area contributed by atoms with Crippen molar-refractivity contribution in [1.29, 1.82) is 0 Å². The molecule has 9 nitrogen and oxygen atoms in total. The van der Waals surface area contributed by atoms with E-state index in [0.717, 1.165) is 21.0 Å². The number of fused-ring (bicyclic) bond motifs is 1. The molecule has 4 N–H and O–H groups in total. The van der Waals surface area contributed by atoms with Crippen LogP contribution in [0.4, 0.5) is 11.4 Å². The third-order valence-electron chi connectivity index (χ3n) is 6.24. The van der Waals surface area contributed by atoms with Gasteiger partial charge in [0.1, 0.15) is 5.69 Å². The maximum Gasteiger partial charge on any atom is 0.272 e. The molecule has 6 aromatic rings. The van der Waals surface area contributed by atoms with Gasteiger partial charge >= 0.3 is 0 Å². The summed E-state index contributed by atoms with van der Waals surface area (Å²) in [7, 11) is 0. The minimum Gasteiger partial charge on any atom is -0.349 e. The molecular weight excluding hydrogens is 558 g/mol. The van der Waals surface area contributed by atoms with E-state index >= 15 is 0 Å². The van der Waals surface area contributed by atoms with Gasteiger partial charge in [-0.25, -0.2) is 5.10 Å². The number of carbonyl (C=O) groups is 2. The monoisotopic (exact) mass is 577 g/mol. The number of amides is 2. The van der Waals surface area contributed by atoms with Crippen molar-refractivity contribution in [3.8, 4) is 22.5 Å². The number of H-pyrrole nitrogens is 2. The van der Waals surface area contributed by atoms with Crippen molar-refractivity contribution < 1.29 is 9.59 Å². The topological polar surface area (TPSA) is 128 Å². The number of nitrogens with one attached hydrogen (secondary N) is 4. The lowest BCUT2D eigenvalue weighted by molar-refractivity contribution is 0.101. The second-order valence-electron chi connectivity index (χ2n) is 8.71. The molecule has 0 aliphatic rings. The van der Waals surface area contributed by atoms with Gasteiger partial charge < -0.3 is 15.6 Å². The fourth-order valence-corrected chi connectivity index (χ4v) is 4.77. The Morgan fingerprint density at radius 1 is 0.744 bits per heavy atom. The molecule has 2 aromatic heterocycles. The maximum atomic E-state index is 13.4. The highest BCUT2D eigenvalue weighted by atomic mass is 79.9. The van der Waals surface area contributed by atoms with Gasteiger partial charge in [0, 0.05) is 21.0 Å². The van der Waals surface area contributed by atoms with Crippen molar-refractivity contribution >= 4 is 50.0 Å². The van der Waals surface area contributed by atoms with Crippen molar-refractivity contribution in [2.75, 3.05) is 10.6 Å². The first-order chi connectivity index (χ1) is 19.1. The van der Waals surface area contributed by atoms with Crippen molar-refractivity contribution in [3.63, 3.8) is 0 Å². The highest BCUT2D eigenvalue weighted by molar-refractivity contribution is 9.10. The Labute approximate surface area is 230 Å². The van der Waals surface area contributed by atoms with E-state index < -0.39 is 0 Å². The first-order valence-electron chi connectivity index (χ1n) is 12.0. The van der Waals surface area contributed by atoms with E-state index in [1.165, 1.54) is 0 Å². The average Bonchev–Trinajstić information content (AvgIpc) is 3.66. The van der Waals surface area contributed by atoms with Gasteiger partial charge in [0.05, 0.1) is 16.9 Å². The molecule has 2 heterocycles. The Bertz CT molecular complexity index is 1810. The first kappa shape index (κ1) is 24.3. The molecule has 0 bridgehead atoms. The van der Waals surface area contributed by atoms with Crippen molar-refractivity contribution in [1.82, 2.24) is 25.6 Å². The summed E-state index contributed by atoms with van der Waals surface area (Å²) in [6.45, 7) is 0. The van der Waals surface area contributed by atoms with Crippen LogP contribution in [0.2, 0.25) is 0 Å². The minimum absolute atomic E-state index is 0.247. The Balaban J connectivity index is 1.28. The smallest absolute Gasteiger partial charge is 0.272 e. The Hall–Kier alpha value is -5.09. The van der Waals surface area contributed by atoms with Gasteiger partial charge in [-0.05, 0) is 58.0 Å². The van der Waals surface area contributed by atoms with E-state index in [9.17, 15) is 9.59 Å². The van der Waals surface area contributed by atoms with E-state index in [0.29, 0.717) is 39.5 Å². The average molecular weight is 578 g/mol. The summed E-state index contributed by atoms with van der Waals surface area (Å²) in [6.07, 6.45) is 0. The summed E-state index contributed by atoms with van der Waals surface area (Å²) in [4.78, 5) is 29.8. The first-order valence-corrected chi connectivity index (χ1v) is 12.8. The molecule has 2 amide bonds. The number of hydrogen-bond acceptors (Lipinski definition) is 5. The van der Waals surface area contributed by atoms with E-state index in [1.807, 2.05) is 72.8 Å². The number of aromatic amines is 2. The fraction of sp³-hybridized carbons (Fsp3) is 0. The summed E-state index contributed by atoms with van der Waals surface area (Å²) < 4.78 is 0.812. The number of anilines is 2. The van der Waals surface area contributed by atoms with Gasteiger partial charge in [-0.3, -0.25) is 9.59 Å². The van der Waals surface area contributed by atoms with E-state index in [1.54, 1.807) is 24.3 Å². The maximum absolute atomic E-state index is 13.4. The zero-order valence-electron chi connectivity index (χ0n) is 20.3. The van der Waals surface area contributed by atoms with Gasteiger partial charge in [-0.1, -0.05) is 76.6 Å². The molecule has 39 heavy (non-hydrogen) atoms. The van der Waals surface area contributed by atoms with Crippen LogP contribution in [0.5, 0.6) is 0 Å². The number of halogens is 1. The number of nitrogens with zero attached hydrogens (tertiary/aromatic N) is 3. The second kappa shape index (κ2) is 10.3. The van der Waals surface area contributed by atoms with Gasteiger partial charge in [0.2, 0.25) is 0 Å². The molecule has 0 aliphatic heterocycles. The summed E-state index contributed by atoms with van der Waals surface area (Å²) in [5.74, 6) is -0.180. The van der Waals surface area contributed by atoms with Crippen LogP contribution < -0.4 is 10.6 Å². The Morgan fingerprint density at radius 2 is 1.54 bits per heavy atom. The summed E-state index contributed by atoms with van der Waals surface area (Å²) in [5, 5.41) is 20.6. The van der Waals surface area contributed by atoms with Crippen LogP contribution in [0.1, 0.15) is 20.8 Å². The van der Waals surface area contributed by atoms with Crippen molar-refractivity contribution in [3.05, 3.63) is 113 Å². The molecule has 0 atom stereocenters. The number of carbonyl (C=O) groups excluding carboxylic acids is 2. The molecule has 6 rings (SSSR count). The quantitative estimate of drug-likeness (QED) is 0.185. The number of rotatable bonds is 6. The predicted molar refractivity (Wildman–Crippen MR) is 153 cm³/mol. The zero-order valence-corrected chi connectivity index (χ0v) is 21.9. The fourth-order valence-electron chi connectivity index (χ4n) is 4.41. The van der Waals surface area contributed by atoms with Gasteiger partial charge in [0.25, 0.3) is 11.8 Å². The molecule has 0 aliphatic carbocycles. The molecule has 0 radical (unpaired) electrons. The van der Waals surface area contributed by atoms with Crippen LogP contribution in [0, 0.1) is 0 Å². The molecular formula is C29H20BrN7O2. The number of benzene rings is 4.